The largest absolute Gasteiger partial charge is 0.465 e. The Labute approximate surface area is 132 Å². The molecule has 0 aliphatic heterocycles. The van der Waals surface area contributed by atoms with Crippen LogP contribution in [0.15, 0.2) is 12.1 Å². The monoisotopic (exact) mass is 350 g/mol. The highest BCUT2D eigenvalue weighted by molar-refractivity contribution is 7.92. The first-order chi connectivity index (χ1) is 10.2. The van der Waals surface area contributed by atoms with E-state index in [0.29, 0.717) is 0 Å². The Kier molecular flexibility index (Phi) is 6.12. The first-order valence-corrected chi connectivity index (χ1v) is 8.34. The molecule has 22 heavy (non-hydrogen) atoms. The molecule has 0 radical (unpaired) electrons. The van der Waals surface area contributed by atoms with Crippen molar-refractivity contribution in [2.24, 2.45) is 0 Å². The molecule has 0 amide bonds. The number of rotatable bonds is 7. The van der Waals surface area contributed by atoms with Gasteiger partial charge in [0.2, 0.25) is 10.0 Å². The molecule has 0 bridgehead atoms. The normalized spacial score (nSPS) is 11.0. The third-order valence-electron chi connectivity index (χ3n) is 2.81. The fourth-order valence-electron chi connectivity index (χ4n) is 1.69. The highest BCUT2D eigenvalue weighted by atomic mass is 35.5. The van der Waals surface area contributed by atoms with Crippen LogP contribution in [0.1, 0.15) is 22.3 Å². The predicted molar refractivity (Wildman–Crippen MR) is 81.9 cm³/mol. The van der Waals surface area contributed by atoms with Gasteiger partial charge in [-0.1, -0.05) is 0 Å². The van der Waals surface area contributed by atoms with E-state index in [0.717, 1.165) is 13.2 Å². The summed E-state index contributed by atoms with van der Waals surface area (Å²) >= 11 is 5.45. The average molecular weight is 351 g/mol. The molecule has 0 unspecified atom stereocenters. The van der Waals surface area contributed by atoms with E-state index in [4.69, 9.17) is 11.6 Å². The quantitative estimate of drug-likeness (QED) is 0.348. The van der Waals surface area contributed by atoms with E-state index in [1.54, 1.807) is 0 Å². The number of carbonyl (C=O) groups excluding carboxylic acids is 1. The number of nitro benzene ring substituents is 1. The molecule has 0 saturated carbocycles. The van der Waals surface area contributed by atoms with Crippen molar-refractivity contribution in [2.45, 2.75) is 13.3 Å². The fraction of sp³-hybridized carbons (Fsp3) is 0.417. The van der Waals surface area contributed by atoms with E-state index >= 15 is 0 Å². The minimum Gasteiger partial charge on any atom is -0.465 e. The smallest absolute Gasteiger partial charge is 0.338 e. The molecular weight excluding hydrogens is 336 g/mol. The van der Waals surface area contributed by atoms with Crippen LogP contribution in [0.5, 0.6) is 0 Å². The molecule has 0 fully saturated rings. The molecule has 1 aromatic rings. The summed E-state index contributed by atoms with van der Waals surface area (Å²) in [4.78, 5) is 21.9. The maximum absolute atomic E-state index is 11.9. The van der Waals surface area contributed by atoms with Crippen LogP contribution in [0.25, 0.3) is 0 Å². The lowest BCUT2D eigenvalue weighted by Gasteiger charge is -2.12. The number of nitro groups is 1. The van der Waals surface area contributed by atoms with E-state index in [-0.39, 0.29) is 40.6 Å². The van der Waals surface area contributed by atoms with Crippen molar-refractivity contribution in [1.82, 2.24) is 0 Å². The second-order valence-corrected chi connectivity index (χ2v) is 6.60. The first kappa shape index (κ1) is 18.2. The van der Waals surface area contributed by atoms with Crippen molar-refractivity contribution in [3.05, 3.63) is 33.4 Å². The molecule has 0 saturated heterocycles. The van der Waals surface area contributed by atoms with Crippen molar-refractivity contribution in [1.29, 1.82) is 0 Å². The van der Waals surface area contributed by atoms with Gasteiger partial charge in [0.05, 0.1) is 34.6 Å². The number of esters is 1. The van der Waals surface area contributed by atoms with Crippen LogP contribution in [0.2, 0.25) is 0 Å². The number of alkyl halides is 1. The number of nitrogens with zero attached hydrogens (tertiary/aromatic N) is 1. The van der Waals surface area contributed by atoms with Crippen molar-refractivity contribution in [3.63, 3.8) is 0 Å². The Morgan fingerprint density at radius 1 is 1.45 bits per heavy atom. The van der Waals surface area contributed by atoms with Crippen LogP contribution in [0, 0.1) is 17.0 Å². The molecule has 122 valence electrons. The summed E-state index contributed by atoms with van der Waals surface area (Å²) in [5, 5.41) is 11.0. The standard InChI is InChI=1S/C12H15ClN2O6S/c1-8-10(14-22(19,20)5-3-4-13)6-9(12(16)21-2)7-11(8)15(17)18/h6-7,14H,3-5H2,1-2H3. The van der Waals surface area contributed by atoms with Crippen LogP contribution >= 0.6 is 11.6 Å². The lowest BCUT2D eigenvalue weighted by atomic mass is 10.1. The molecule has 0 aromatic heterocycles. The second-order valence-electron chi connectivity index (χ2n) is 4.38. The molecule has 8 nitrogen and oxygen atoms in total. The highest BCUT2D eigenvalue weighted by Gasteiger charge is 2.22. The number of nitrogens with one attached hydrogen (secondary N) is 1. The summed E-state index contributed by atoms with van der Waals surface area (Å²) in [6.07, 6.45) is 0.231. The number of hydrogen-bond acceptors (Lipinski definition) is 6. The second kappa shape index (κ2) is 7.41. The van der Waals surface area contributed by atoms with Crippen LogP contribution in [-0.2, 0) is 14.8 Å². The van der Waals surface area contributed by atoms with Gasteiger partial charge in [0, 0.05) is 11.9 Å². The number of halogens is 1. The number of methoxy groups -OCH3 is 1. The summed E-state index contributed by atoms with van der Waals surface area (Å²) in [5.41, 5.74) is -0.427. The number of ether oxygens (including phenoxy) is 1. The van der Waals surface area contributed by atoms with Crippen molar-refractivity contribution in [2.75, 3.05) is 23.5 Å². The molecular formula is C12H15ClN2O6S. The van der Waals surface area contributed by atoms with Gasteiger partial charge in [0.25, 0.3) is 5.69 Å². The van der Waals surface area contributed by atoms with Gasteiger partial charge in [0.15, 0.2) is 0 Å². The molecule has 0 aliphatic carbocycles. The van der Waals surface area contributed by atoms with Gasteiger partial charge >= 0.3 is 5.97 Å². The Bertz CT molecular complexity index is 689. The van der Waals surface area contributed by atoms with E-state index in [1.807, 2.05) is 0 Å². The molecule has 0 heterocycles. The van der Waals surface area contributed by atoms with E-state index in [2.05, 4.69) is 9.46 Å². The highest BCUT2D eigenvalue weighted by Crippen LogP contribution is 2.29. The van der Waals surface area contributed by atoms with Gasteiger partial charge in [-0.25, -0.2) is 13.2 Å². The van der Waals surface area contributed by atoms with Gasteiger partial charge in [-0.2, -0.15) is 0 Å². The Balaban J connectivity index is 3.31. The third-order valence-corrected chi connectivity index (χ3v) is 4.43. The zero-order valence-corrected chi connectivity index (χ0v) is 13.5. The SMILES string of the molecule is COC(=O)c1cc(NS(=O)(=O)CCCCl)c(C)c([N+](=O)[O-])c1. The van der Waals surface area contributed by atoms with Crippen LogP contribution < -0.4 is 4.72 Å². The minimum absolute atomic E-state index is 0.0378. The summed E-state index contributed by atoms with van der Waals surface area (Å²) in [5.74, 6) is -0.863. The summed E-state index contributed by atoms with van der Waals surface area (Å²) < 4.78 is 30.5. The lowest BCUT2D eigenvalue weighted by molar-refractivity contribution is -0.385. The molecule has 10 heteroatoms. The van der Waals surface area contributed by atoms with E-state index < -0.39 is 20.9 Å². The topological polar surface area (TPSA) is 116 Å². The zero-order chi connectivity index (χ0) is 16.9. The number of benzene rings is 1. The zero-order valence-electron chi connectivity index (χ0n) is 12.0. The molecule has 0 atom stereocenters. The van der Waals surface area contributed by atoms with Crippen molar-refractivity contribution < 1.29 is 22.9 Å². The average Bonchev–Trinajstić information content (AvgIpc) is 2.45. The Morgan fingerprint density at radius 3 is 2.59 bits per heavy atom. The van der Waals surface area contributed by atoms with Crippen molar-refractivity contribution in [3.8, 4) is 0 Å². The lowest BCUT2D eigenvalue weighted by Crippen LogP contribution is -2.18. The van der Waals surface area contributed by atoms with E-state index in [1.165, 1.54) is 13.0 Å². The maximum Gasteiger partial charge on any atom is 0.338 e. The summed E-state index contributed by atoms with van der Waals surface area (Å²) in [6, 6.07) is 2.24. The fourth-order valence-corrected chi connectivity index (χ4v) is 3.16. The number of anilines is 1. The molecule has 1 rings (SSSR count). The molecule has 0 spiro atoms. The summed E-state index contributed by atoms with van der Waals surface area (Å²) in [6.45, 7) is 1.39. The van der Waals surface area contributed by atoms with E-state index in [9.17, 15) is 23.3 Å². The predicted octanol–water partition coefficient (Wildman–Crippen LogP) is 2.06. The van der Waals surface area contributed by atoms with Gasteiger partial charge in [-0.15, -0.1) is 11.6 Å². The van der Waals surface area contributed by atoms with Gasteiger partial charge in [-0.3, -0.25) is 14.8 Å². The van der Waals surface area contributed by atoms with Crippen LogP contribution in [0.4, 0.5) is 11.4 Å². The van der Waals surface area contributed by atoms with Gasteiger partial charge < -0.3 is 4.74 Å². The molecule has 0 aliphatic rings. The third kappa shape index (κ3) is 4.57. The number of carbonyl (C=O) groups is 1. The Morgan fingerprint density at radius 2 is 2.09 bits per heavy atom. The maximum atomic E-state index is 11.9. The molecule has 1 N–H and O–H groups in total. The minimum atomic E-state index is -3.72. The first-order valence-electron chi connectivity index (χ1n) is 6.15. The van der Waals surface area contributed by atoms with Gasteiger partial charge in [0.1, 0.15) is 0 Å². The number of hydrogen-bond donors (Lipinski definition) is 1. The van der Waals surface area contributed by atoms with Crippen molar-refractivity contribution >= 4 is 39.0 Å². The van der Waals surface area contributed by atoms with Gasteiger partial charge in [-0.05, 0) is 19.4 Å². The number of sulfonamides is 1. The van der Waals surface area contributed by atoms with Crippen LogP contribution in [-0.4, -0.2) is 38.1 Å². The summed E-state index contributed by atoms with van der Waals surface area (Å²) in [7, 11) is -2.60. The Hall–Kier alpha value is -1.87. The van der Waals surface area contributed by atoms with Crippen LogP contribution in [0.3, 0.4) is 0 Å². The molecule has 1 aromatic carbocycles.